The highest BCUT2D eigenvalue weighted by atomic mass is 16.3. The van der Waals surface area contributed by atoms with Crippen LogP contribution in [0.1, 0.15) is 65.2 Å². The Morgan fingerprint density at radius 2 is 1.59 bits per heavy atom. The van der Waals surface area contributed by atoms with E-state index >= 15 is 0 Å². The van der Waals surface area contributed by atoms with Gasteiger partial charge in [-0.15, -0.1) is 0 Å². The van der Waals surface area contributed by atoms with Crippen molar-refractivity contribution in [2.45, 2.75) is 83.5 Å². The lowest BCUT2D eigenvalue weighted by Gasteiger charge is -2.60. The first-order valence-electron chi connectivity index (χ1n) is 9.48. The van der Waals surface area contributed by atoms with Crippen LogP contribution in [-0.4, -0.2) is 28.5 Å². The average Bonchev–Trinajstić information content (AvgIpc) is 2.72. The number of hydrogen-bond acceptors (Lipinski definition) is 3. The predicted octanol–water partition coefficient (Wildman–Crippen LogP) is 2.69. The number of aliphatic hydroxyl groups is 2. The lowest BCUT2D eigenvalue weighted by molar-refractivity contribution is -0.125. The molecule has 3 heteroatoms. The van der Waals surface area contributed by atoms with Crippen LogP contribution in [0.3, 0.4) is 0 Å². The van der Waals surface area contributed by atoms with Crippen molar-refractivity contribution in [2.24, 2.45) is 40.2 Å². The Morgan fingerprint density at radius 1 is 0.864 bits per heavy atom. The van der Waals surface area contributed by atoms with Crippen molar-refractivity contribution in [3.05, 3.63) is 0 Å². The van der Waals surface area contributed by atoms with Gasteiger partial charge in [0.1, 0.15) is 0 Å². The van der Waals surface area contributed by atoms with Crippen molar-refractivity contribution in [3.8, 4) is 0 Å². The van der Waals surface area contributed by atoms with Crippen molar-refractivity contribution in [1.29, 1.82) is 0 Å². The zero-order valence-electron chi connectivity index (χ0n) is 14.2. The van der Waals surface area contributed by atoms with E-state index < -0.39 is 12.2 Å². The van der Waals surface area contributed by atoms with Crippen LogP contribution < -0.4 is 5.73 Å². The Labute approximate surface area is 134 Å². The van der Waals surface area contributed by atoms with E-state index in [2.05, 4.69) is 13.8 Å². The molecular formula is C19H33NO2. The van der Waals surface area contributed by atoms with Gasteiger partial charge in [0, 0.05) is 6.04 Å². The fourth-order valence-corrected chi connectivity index (χ4v) is 7.28. The maximum Gasteiger partial charge on any atom is 0.0855 e. The third-order valence-corrected chi connectivity index (χ3v) is 8.68. The molecule has 4 aliphatic rings. The van der Waals surface area contributed by atoms with Crippen molar-refractivity contribution in [2.75, 3.05) is 0 Å². The summed E-state index contributed by atoms with van der Waals surface area (Å²) in [6.45, 7) is 4.77. The number of fused-ring (bicyclic) bond motifs is 5. The monoisotopic (exact) mass is 307 g/mol. The standard InChI is InChI=1S/C19H33NO2/c1-18-7-5-12(20)9-11(18)3-4-13-14(18)6-8-19(2)15(13)10-16(21)17(19)22/h11-17,21-22H,3-10,20H2,1-2H3/t11-,12-,13-,14+,15+,16-,17+,18+,19+/m1/s1. The van der Waals surface area contributed by atoms with Crippen LogP contribution in [0.25, 0.3) is 0 Å². The van der Waals surface area contributed by atoms with Gasteiger partial charge in [-0.3, -0.25) is 0 Å². The van der Waals surface area contributed by atoms with Gasteiger partial charge in [-0.05, 0) is 85.9 Å². The Morgan fingerprint density at radius 3 is 2.36 bits per heavy atom. The summed E-state index contributed by atoms with van der Waals surface area (Å²) in [6, 6.07) is 0.415. The molecule has 22 heavy (non-hydrogen) atoms. The quantitative estimate of drug-likeness (QED) is 0.644. The van der Waals surface area contributed by atoms with Crippen LogP contribution in [0.15, 0.2) is 0 Å². The van der Waals surface area contributed by atoms with Gasteiger partial charge in [0.2, 0.25) is 0 Å². The van der Waals surface area contributed by atoms with Crippen molar-refractivity contribution < 1.29 is 10.2 Å². The second-order valence-corrected chi connectivity index (χ2v) is 9.48. The summed E-state index contributed by atoms with van der Waals surface area (Å²) in [5.41, 5.74) is 6.66. The molecule has 4 saturated carbocycles. The van der Waals surface area contributed by atoms with Gasteiger partial charge in [-0.25, -0.2) is 0 Å². The normalized spacial score (nSPS) is 61.2. The first kappa shape index (κ1) is 15.4. The molecule has 0 spiro atoms. The lowest BCUT2D eigenvalue weighted by Crippen LogP contribution is -2.55. The molecule has 0 aliphatic heterocycles. The summed E-state index contributed by atoms with van der Waals surface area (Å²) >= 11 is 0. The van der Waals surface area contributed by atoms with Crippen LogP contribution in [0.5, 0.6) is 0 Å². The molecule has 0 aromatic carbocycles. The third kappa shape index (κ3) is 1.91. The second-order valence-electron chi connectivity index (χ2n) is 9.48. The summed E-state index contributed by atoms with van der Waals surface area (Å²) in [6.07, 6.45) is 8.42. The van der Waals surface area contributed by atoms with Gasteiger partial charge in [-0.2, -0.15) is 0 Å². The van der Waals surface area contributed by atoms with Crippen molar-refractivity contribution in [3.63, 3.8) is 0 Å². The molecule has 9 atom stereocenters. The molecule has 0 aromatic rings. The summed E-state index contributed by atoms with van der Waals surface area (Å²) in [4.78, 5) is 0. The van der Waals surface area contributed by atoms with Crippen LogP contribution in [-0.2, 0) is 0 Å². The van der Waals surface area contributed by atoms with E-state index in [9.17, 15) is 10.2 Å². The van der Waals surface area contributed by atoms with Gasteiger partial charge in [0.25, 0.3) is 0 Å². The molecule has 0 unspecified atom stereocenters. The number of hydrogen-bond donors (Lipinski definition) is 3. The number of rotatable bonds is 0. The summed E-state index contributed by atoms with van der Waals surface area (Å²) in [7, 11) is 0. The fourth-order valence-electron chi connectivity index (χ4n) is 7.28. The van der Waals surface area contributed by atoms with E-state index in [1.807, 2.05) is 0 Å². The third-order valence-electron chi connectivity index (χ3n) is 8.68. The molecular weight excluding hydrogens is 274 g/mol. The number of aliphatic hydroxyl groups excluding tert-OH is 2. The largest absolute Gasteiger partial charge is 0.390 e. The maximum atomic E-state index is 10.5. The smallest absolute Gasteiger partial charge is 0.0855 e. The van der Waals surface area contributed by atoms with Gasteiger partial charge in [0.15, 0.2) is 0 Å². The minimum absolute atomic E-state index is 0.0468. The van der Waals surface area contributed by atoms with E-state index in [1.54, 1.807) is 0 Å². The van der Waals surface area contributed by atoms with Gasteiger partial charge in [0.05, 0.1) is 12.2 Å². The van der Waals surface area contributed by atoms with E-state index in [1.165, 1.54) is 38.5 Å². The molecule has 4 aliphatic carbocycles. The second kappa shape index (κ2) is 4.94. The zero-order chi connectivity index (χ0) is 15.7. The molecule has 3 nitrogen and oxygen atoms in total. The average molecular weight is 307 g/mol. The highest BCUT2D eigenvalue weighted by molar-refractivity contribution is 5.11. The summed E-state index contributed by atoms with van der Waals surface area (Å²) in [5.74, 6) is 2.82. The van der Waals surface area contributed by atoms with Crippen LogP contribution in [0.2, 0.25) is 0 Å². The summed E-state index contributed by atoms with van der Waals surface area (Å²) in [5, 5.41) is 20.8. The highest BCUT2D eigenvalue weighted by Crippen LogP contribution is 2.66. The van der Waals surface area contributed by atoms with Crippen molar-refractivity contribution in [1.82, 2.24) is 0 Å². The Balaban J connectivity index is 1.63. The minimum atomic E-state index is -0.510. The predicted molar refractivity (Wildman–Crippen MR) is 87.1 cm³/mol. The van der Waals surface area contributed by atoms with Crippen LogP contribution in [0.4, 0.5) is 0 Å². The maximum absolute atomic E-state index is 10.5. The fraction of sp³-hybridized carbons (Fsp3) is 1.00. The molecule has 126 valence electrons. The first-order chi connectivity index (χ1) is 10.4. The molecule has 0 amide bonds. The molecule has 0 aromatic heterocycles. The SMILES string of the molecule is C[C@]12CC[C@@H](N)C[C@H]1CC[C@@H]1[C@@H]2CC[C@]2(C)[C@@H](O)[C@H](O)C[C@@H]12. The van der Waals surface area contributed by atoms with Crippen LogP contribution >= 0.6 is 0 Å². The van der Waals surface area contributed by atoms with E-state index in [0.29, 0.717) is 23.3 Å². The molecule has 4 N–H and O–H groups in total. The topological polar surface area (TPSA) is 66.5 Å². The van der Waals surface area contributed by atoms with E-state index in [0.717, 1.165) is 24.7 Å². The number of nitrogens with two attached hydrogens (primary N) is 1. The zero-order valence-corrected chi connectivity index (χ0v) is 14.2. The first-order valence-corrected chi connectivity index (χ1v) is 9.48. The molecule has 0 radical (unpaired) electrons. The Bertz CT molecular complexity index is 455. The lowest BCUT2D eigenvalue weighted by atomic mass is 9.45. The highest BCUT2D eigenvalue weighted by Gasteiger charge is 2.61. The van der Waals surface area contributed by atoms with Crippen LogP contribution in [0, 0.1) is 34.5 Å². The summed E-state index contributed by atoms with van der Waals surface area (Å²) < 4.78 is 0. The molecule has 4 fully saturated rings. The Kier molecular flexibility index (Phi) is 3.46. The molecule has 0 saturated heterocycles. The van der Waals surface area contributed by atoms with Gasteiger partial charge < -0.3 is 15.9 Å². The molecule has 0 heterocycles. The molecule has 4 rings (SSSR count). The minimum Gasteiger partial charge on any atom is -0.390 e. The van der Waals surface area contributed by atoms with Crippen molar-refractivity contribution >= 4 is 0 Å². The Hall–Kier alpha value is -0.120. The van der Waals surface area contributed by atoms with E-state index in [-0.39, 0.29) is 5.41 Å². The van der Waals surface area contributed by atoms with Gasteiger partial charge >= 0.3 is 0 Å². The van der Waals surface area contributed by atoms with E-state index in [4.69, 9.17) is 5.73 Å². The molecule has 0 bridgehead atoms. The van der Waals surface area contributed by atoms with Gasteiger partial charge in [-0.1, -0.05) is 13.8 Å².